The van der Waals surface area contributed by atoms with Gasteiger partial charge in [0.2, 0.25) is 0 Å². The predicted octanol–water partition coefficient (Wildman–Crippen LogP) is 7.81. The van der Waals surface area contributed by atoms with Crippen molar-refractivity contribution in [3.63, 3.8) is 0 Å². The Morgan fingerprint density at radius 1 is 0.887 bits per heavy atom. The third kappa shape index (κ3) is 10.6. The highest BCUT2D eigenvalue weighted by Crippen LogP contribution is 2.34. The molecule has 0 radical (unpaired) electrons. The van der Waals surface area contributed by atoms with Crippen LogP contribution < -0.4 is 25.8 Å². The van der Waals surface area contributed by atoms with Gasteiger partial charge in [-0.2, -0.15) is 14.7 Å². The van der Waals surface area contributed by atoms with Crippen LogP contribution >= 0.6 is 0 Å². The first kappa shape index (κ1) is 38.9. The molecule has 4 aromatic rings. The van der Waals surface area contributed by atoms with Crippen molar-refractivity contribution in [1.82, 2.24) is 19.9 Å². The summed E-state index contributed by atoms with van der Waals surface area (Å²) in [5, 5.41) is 15.1. The van der Waals surface area contributed by atoms with E-state index < -0.39 is 29.3 Å². The van der Waals surface area contributed by atoms with Gasteiger partial charge in [0.15, 0.2) is 11.5 Å². The number of carbonyl (C=O) groups is 3. The molecule has 0 spiro atoms. The molecule has 2 aromatic carbocycles. The Kier molecular flexibility index (Phi) is 12.1. The van der Waals surface area contributed by atoms with Gasteiger partial charge in [0.25, 0.3) is 5.91 Å². The summed E-state index contributed by atoms with van der Waals surface area (Å²) in [6, 6.07) is 16.2. The normalized spacial score (nSPS) is 16.1. The van der Waals surface area contributed by atoms with Crippen LogP contribution in [-0.4, -0.2) is 62.6 Å². The maximum absolute atomic E-state index is 14.3. The van der Waals surface area contributed by atoms with Crippen molar-refractivity contribution >= 4 is 41.1 Å². The maximum atomic E-state index is 14.3. The van der Waals surface area contributed by atoms with Crippen molar-refractivity contribution in [1.29, 1.82) is 0 Å². The minimum absolute atomic E-state index is 0.00199. The summed E-state index contributed by atoms with van der Waals surface area (Å²) in [4.78, 5) is 51.1. The average molecular weight is 730 g/mol. The number of ether oxygens (including phenoxy) is 3. The molecule has 284 valence electrons. The fourth-order valence-electron chi connectivity index (χ4n) is 5.88. The molecule has 5 rings (SSSR count). The number of hydrogen-bond acceptors (Lipinski definition) is 10. The molecule has 0 unspecified atom stereocenters. The molecule has 1 aliphatic rings. The minimum atomic E-state index is -0.800. The number of alkyl carbamates (subject to hydrolysis) is 1. The number of rotatable bonds is 11. The number of nitrogens with zero attached hydrogens (tertiary/aromatic N) is 4. The van der Waals surface area contributed by atoms with E-state index in [9.17, 15) is 14.4 Å². The van der Waals surface area contributed by atoms with Crippen LogP contribution in [0.5, 0.6) is 5.75 Å². The van der Waals surface area contributed by atoms with Crippen LogP contribution in [0.25, 0.3) is 5.65 Å². The summed E-state index contributed by atoms with van der Waals surface area (Å²) in [5.74, 6) is 0.987. The van der Waals surface area contributed by atoms with Gasteiger partial charge in [-0.15, -0.1) is 0 Å². The van der Waals surface area contributed by atoms with E-state index in [0.717, 1.165) is 31.2 Å². The number of benzene rings is 2. The third-order valence-electron chi connectivity index (χ3n) is 8.25. The molecule has 0 aliphatic heterocycles. The van der Waals surface area contributed by atoms with E-state index in [1.54, 1.807) is 24.3 Å². The van der Waals surface area contributed by atoms with E-state index in [0.29, 0.717) is 35.1 Å². The number of hydrogen-bond donors (Lipinski definition) is 3. The topological polar surface area (TPSA) is 158 Å². The number of hydroxylamine groups is 1. The smallest absolute Gasteiger partial charge is 0.412 e. The first-order valence-electron chi connectivity index (χ1n) is 18.0. The summed E-state index contributed by atoms with van der Waals surface area (Å²) in [6.45, 7) is 15.4. The van der Waals surface area contributed by atoms with Crippen LogP contribution in [0.1, 0.15) is 95.6 Å². The monoisotopic (exact) mass is 729 g/mol. The van der Waals surface area contributed by atoms with Crippen LogP contribution in [0.2, 0.25) is 0 Å². The van der Waals surface area contributed by atoms with Gasteiger partial charge in [-0.25, -0.2) is 14.6 Å². The van der Waals surface area contributed by atoms with Gasteiger partial charge in [-0.05, 0) is 111 Å². The van der Waals surface area contributed by atoms with Gasteiger partial charge >= 0.3 is 12.2 Å². The van der Waals surface area contributed by atoms with E-state index >= 15 is 0 Å². The summed E-state index contributed by atoms with van der Waals surface area (Å²) in [7, 11) is 0. The number of fused-ring (bicyclic) bond motifs is 1. The Bertz CT molecular complexity index is 1870. The van der Waals surface area contributed by atoms with E-state index in [4.69, 9.17) is 24.0 Å². The van der Waals surface area contributed by atoms with Gasteiger partial charge < -0.3 is 24.8 Å². The lowest BCUT2D eigenvalue weighted by molar-refractivity contribution is -0.0173. The predicted molar refractivity (Wildman–Crippen MR) is 202 cm³/mol. The lowest BCUT2D eigenvalue weighted by Gasteiger charge is -2.33. The van der Waals surface area contributed by atoms with Crippen LogP contribution in [0.3, 0.4) is 0 Å². The number of amides is 3. The maximum Gasteiger partial charge on any atom is 0.412 e. The molecule has 2 heterocycles. The summed E-state index contributed by atoms with van der Waals surface area (Å²) >= 11 is 0. The molecule has 0 saturated heterocycles. The Labute approximate surface area is 310 Å². The second kappa shape index (κ2) is 16.5. The van der Waals surface area contributed by atoms with Crippen molar-refractivity contribution < 1.29 is 33.4 Å². The molecule has 0 atom stereocenters. The fourth-order valence-corrected chi connectivity index (χ4v) is 5.88. The summed E-state index contributed by atoms with van der Waals surface area (Å²) in [6.07, 6.45) is 3.28. The van der Waals surface area contributed by atoms with Crippen molar-refractivity contribution in [2.75, 3.05) is 22.3 Å². The van der Waals surface area contributed by atoms with Crippen molar-refractivity contribution in [3.8, 4) is 5.75 Å². The Morgan fingerprint density at radius 3 is 2.17 bits per heavy atom. The molecule has 14 heteroatoms. The van der Waals surface area contributed by atoms with Crippen molar-refractivity contribution in [2.24, 2.45) is 0 Å². The highest BCUT2D eigenvalue weighted by atomic mass is 16.7. The zero-order chi connectivity index (χ0) is 38.3. The average Bonchev–Trinajstić information content (AvgIpc) is 3.48. The van der Waals surface area contributed by atoms with Gasteiger partial charge in [0, 0.05) is 23.2 Å². The van der Waals surface area contributed by atoms with Gasteiger partial charge in [0.05, 0.1) is 18.4 Å². The summed E-state index contributed by atoms with van der Waals surface area (Å²) < 4.78 is 18.0. The van der Waals surface area contributed by atoms with Crippen molar-refractivity contribution in [3.05, 3.63) is 77.5 Å². The number of aromatic nitrogens is 3. The molecule has 53 heavy (non-hydrogen) atoms. The first-order chi connectivity index (χ1) is 25.1. The third-order valence-corrected chi connectivity index (χ3v) is 8.25. The van der Waals surface area contributed by atoms with Gasteiger partial charge in [-0.1, -0.05) is 30.3 Å². The van der Waals surface area contributed by atoms with E-state index in [1.807, 2.05) is 85.7 Å². The molecular weight excluding hydrogens is 678 g/mol. The molecule has 1 aliphatic carbocycles. The Morgan fingerprint density at radius 2 is 1.55 bits per heavy atom. The minimum Gasteiger partial charge on any atom is -0.494 e. The van der Waals surface area contributed by atoms with Gasteiger partial charge in [0.1, 0.15) is 29.5 Å². The van der Waals surface area contributed by atoms with Crippen LogP contribution in [0.15, 0.2) is 60.8 Å². The zero-order valence-corrected chi connectivity index (χ0v) is 31.8. The highest BCUT2D eigenvalue weighted by molar-refractivity contribution is 6.05. The van der Waals surface area contributed by atoms with Gasteiger partial charge in [-0.3, -0.25) is 14.9 Å². The lowest BCUT2D eigenvalue weighted by Crippen LogP contribution is -2.42. The molecule has 2 aromatic heterocycles. The molecule has 3 amide bonds. The second-order valence-corrected chi connectivity index (χ2v) is 15.0. The van der Waals surface area contributed by atoms with Crippen LogP contribution in [0, 0.1) is 6.92 Å². The fraction of sp³-hybridized carbons (Fsp3) is 0.462. The molecule has 3 N–H and O–H groups in total. The van der Waals surface area contributed by atoms with Crippen LogP contribution in [-0.2, 0) is 20.9 Å². The standard InChI is InChI=1S/C39H51N7O7/c1-9-50-30-21-15-27(16-22-30)35(47)46(53-39(6,7)8)34-25(2)32(41-28-17-19-29(20-18-28)42-37(49)52-38(3,4)5)44-33-31(23-40-45(33)34)43-36(48)51-24-26-13-11-10-12-14-26/h10-16,21-23,28-29H,9,17-20,24H2,1-8H3,(H,41,44)(H,42,49)(H,43,48)/t28-,29-. The highest BCUT2D eigenvalue weighted by Gasteiger charge is 2.32. The molecule has 0 bridgehead atoms. The lowest BCUT2D eigenvalue weighted by atomic mass is 9.91. The Hall–Kier alpha value is -5.37. The second-order valence-electron chi connectivity index (χ2n) is 15.0. The van der Waals surface area contributed by atoms with E-state index in [2.05, 4.69) is 21.0 Å². The zero-order valence-electron chi connectivity index (χ0n) is 31.8. The largest absolute Gasteiger partial charge is 0.494 e. The molecular formula is C39H51N7O7. The molecule has 1 fully saturated rings. The Balaban J connectivity index is 1.48. The SMILES string of the molecule is CCOc1ccc(C(=O)N(OC(C)(C)C)c2c(C)c(N[C@H]3CC[C@H](NC(=O)OC(C)(C)C)CC3)nc3c(NC(=O)OCc4ccccc4)cnn23)cc1. The number of nitrogens with one attached hydrogen (secondary N) is 3. The number of anilines is 3. The first-order valence-corrected chi connectivity index (χ1v) is 18.0. The molecule has 1 saturated carbocycles. The van der Waals surface area contributed by atoms with Crippen LogP contribution in [0.4, 0.5) is 26.9 Å². The van der Waals surface area contributed by atoms with Crippen molar-refractivity contribution in [2.45, 2.75) is 111 Å². The quantitative estimate of drug-likeness (QED) is 0.130. The summed E-state index contributed by atoms with van der Waals surface area (Å²) in [5.41, 5.74) is 0.962. The number of carbonyl (C=O) groups excluding carboxylic acids is 3. The molecule has 14 nitrogen and oxygen atoms in total. The van der Waals surface area contributed by atoms with E-state index in [1.165, 1.54) is 15.8 Å². The van der Waals surface area contributed by atoms with E-state index in [-0.39, 0.29) is 30.0 Å².